The molecule has 1 heterocycles. The Labute approximate surface area is 175 Å². The second-order valence-corrected chi connectivity index (χ2v) is 6.88. The van der Waals surface area contributed by atoms with Gasteiger partial charge in [-0.3, -0.25) is 9.78 Å². The SMILES string of the molecule is Cc1ccc(C(O)CNC(=O)NCc2ccc(NC(=O)c3cccnc3)cc2)cc1. The molecule has 3 amide bonds. The van der Waals surface area contributed by atoms with Crippen molar-refractivity contribution in [1.29, 1.82) is 0 Å². The number of aryl methyl sites for hydroxylation is 1. The molecule has 0 aliphatic heterocycles. The third kappa shape index (κ3) is 6.15. The second kappa shape index (κ2) is 10.2. The Morgan fingerprint density at radius 3 is 2.40 bits per heavy atom. The number of aliphatic hydroxyl groups excluding tert-OH is 1. The average Bonchev–Trinajstić information content (AvgIpc) is 2.78. The molecule has 0 saturated carbocycles. The van der Waals surface area contributed by atoms with Crippen molar-refractivity contribution in [3.8, 4) is 0 Å². The topological polar surface area (TPSA) is 103 Å². The normalized spacial score (nSPS) is 11.4. The Bertz CT molecular complexity index is 974. The van der Waals surface area contributed by atoms with Crippen LogP contribution in [0.3, 0.4) is 0 Å². The largest absolute Gasteiger partial charge is 0.387 e. The van der Waals surface area contributed by atoms with Gasteiger partial charge in [0, 0.05) is 31.2 Å². The molecule has 0 aliphatic rings. The molecule has 0 saturated heterocycles. The highest BCUT2D eigenvalue weighted by molar-refractivity contribution is 6.04. The van der Waals surface area contributed by atoms with Crippen molar-refractivity contribution in [1.82, 2.24) is 15.6 Å². The van der Waals surface area contributed by atoms with Gasteiger partial charge in [0.15, 0.2) is 0 Å². The van der Waals surface area contributed by atoms with Gasteiger partial charge in [0.2, 0.25) is 0 Å². The van der Waals surface area contributed by atoms with Gasteiger partial charge in [-0.15, -0.1) is 0 Å². The van der Waals surface area contributed by atoms with Crippen LogP contribution < -0.4 is 16.0 Å². The zero-order valence-corrected chi connectivity index (χ0v) is 16.6. The van der Waals surface area contributed by atoms with Gasteiger partial charge in [-0.05, 0) is 42.3 Å². The van der Waals surface area contributed by atoms with E-state index in [-0.39, 0.29) is 18.5 Å². The minimum Gasteiger partial charge on any atom is -0.387 e. The Hall–Kier alpha value is -3.71. The maximum atomic E-state index is 12.1. The Kier molecular flexibility index (Phi) is 7.13. The number of hydrogen-bond acceptors (Lipinski definition) is 4. The number of nitrogens with one attached hydrogen (secondary N) is 3. The van der Waals surface area contributed by atoms with Gasteiger partial charge in [0.1, 0.15) is 0 Å². The molecule has 0 bridgehead atoms. The molecule has 0 radical (unpaired) electrons. The quantitative estimate of drug-likeness (QED) is 0.486. The molecule has 4 N–H and O–H groups in total. The van der Waals surface area contributed by atoms with Crippen molar-refractivity contribution in [2.75, 3.05) is 11.9 Å². The number of aliphatic hydroxyl groups is 1. The van der Waals surface area contributed by atoms with E-state index in [4.69, 9.17) is 0 Å². The molecule has 0 spiro atoms. The molecule has 30 heavy (non-hydrogen) atoms. The van der Waals surface area contributed by atoms with Crippen molar-refractivity contribution < 1.29 is 14.7 Å². The van der Waals surface area contributed by atoms with Gasteiger partial charge in [-0.1, -0.05) is 42.0 Å². The number of hydrogen-bond donors (Lipinski definition) is 4. The van der Waals surface area contributed by atoms with Crippen molar-refractivity contribution in [3.63, 3.8) is 0 Å². The lowest BCUT2D eigenvalue weighted by atomic mass is 10.1. The van der Waals surface area contributed by atoms with E-state index in [2.05, 4.69) is 20.9 Å². The highest BCUT2D eigenvalue weighted by Crippen LogP contribution is 2.13. The van der Waals surface area contributed by atoms with E-state index in [1.807, 2.05) is 43.3 Å². The van der Waals surface area contributed by atoms with Crippen LogP contribution >= 0.6 is 0 Å². The predicted molar refractivity (Wildman–Crippen MR) is 115 cm³/mol. The Balaban J connectivity index is 1.42. The lowest BCUT2D eigenvalue weighted by Gasteiger charge is -2.13. The maximum absolute atomic E-state index is 12.1. The molecule has 3 rings (SSSR count). The maximum Gasteiger partial charge on any atom is 0.315 e. The molecule has 0 fully saturated rings. The van der Waals surface area contributed by atoms with E-state index < -0.39 is 6.10 Å². The van der Waals surface area contributed by atoms with E-state index in [1.54, 1.807) is 30.5 Å². The number of benzene rings is 2. The number of nitrogens with zero attached hydrogens (tertiary/aromatic N) is 1. The van der Waals surface area contributed by atoms with E-state index in [0.29, 0.717) is 17.8 Å². The molecular weight excluding hydrogens is 380 g/mol. The minimum absolute atomic E-state index is 0.119. The van der Waals surface area contributed by atoms with Crippen LogP contribution in [-0.4, -0.2) is 28.6 Å². The molecule has 2 aromatic carbocycles. The summed E-state index contributed by atoms with van der Waals surface area (Å²) >= 11 is 0. The van der Waals surface area contributed by atoms with Gasteiger partial charge >= 0.3 is 6.03 Å². The van der Waals surface area contributed by atoms with E-state index in [0.717, 1.165) is 16.7 Å². The Morgan fingerprint density at radius 2 is 1.73 bits per heavy atom. The highest BCUT2D eigenvalue weighted by atomic mass is 16.3. The smallest absolute Gasteiger partial charge is 0.315 e. The van der Waals surface area contributed by atoms with Crippen LogP contribution in [0, 0.1) is 6.92 Å². The number of urea groups is 1. The van der Waals surface area contributed by atoms with Gasteiger partial charge in [-0.25, -0.2) is 4.79 Å². The monoisotopic (exact) mass is 404 g/mol. The third-order valence-corrected chi connectivity index (χ3v) is 4.51. The fourth-order valence-corrected chi connectivity index (χ4v) is 2.75. The summed E-state index contributed by atoms with van der Waals surface area (Å²) in [5, 5.41) is 18.3. The van der Waals surface area contributed by atoms with Crippen molar-refractivity contribution in [3.05, 3.63) is 95.3 Å². The van der Waals surface area contributed by atoms with Crippen LogP contribution in [0.5, 0.6) is 0 Å². The van der Waals surface area contributed by atoms with Crippen LogP contribution in [0.2, 0.25) is 0 Å². The van der Waals surface area contributed by atoms with E-state index in [1.165, 1.54) is 6.20 Å². The fraction of sp³-hybridized carbons (Fsp3) is 0.174. The summed E-state index contributed by atoms with van der Waals surface area (Å²) in [4.78, 5) is 28.0. The summed E-state index contributed by atoms with van der Waals surface area (Å²) in [6, 6.07) is 17.7. The summed E-state index contributed by atoms with van der Waals surface area (Å²) in [5.41, 5.74) is 3.87. The fourth-order valence-electron chi connectivity index (χ4n) is 2.75. The van der Waals surface area contributed by atoms with Crippen molar-refractivity contribution in [2.24, 2.45) is 0 Å². The van der Waals surface area contributed by atoms with Crippen molar-refractivity contribution >= 4 is 17.6 Å². The van der Waals surface area contributed by atoms with Crippen LogP contribution in [0.25, 0.3) is 0 Å². The standard InChI is InChI=1S/C23H24N4O3/c1-16-4-8-18(9-5-16)21(28)15-26-23(30)25-13-17-6-10-20(11-7-17)27-22(29)19-3-2-12-24-14-19/h2-12,14,21,28H,13,15H2,1H3,(H,27,29)(H2,25,26,30). The van der Waals surface area contributed by atoms with Gasteiger partial charge in [-0.2, -0.15) is 0 Å². The first-order valence-electron chi connectivity index (χ1n) is 9.58. The molecule has 7 nitrogen and oxygen atoms in total. The molecular formula is C23H24N4O3. The van der Waals surface area contributed by atoms with Crippen LogP contribution in [0.4, 0.5) is 10.5 Å². The number of rotatable bonds is 7. The Morgan fingerprint density at radius 1 is 1.00 bits per heavy atom. The second-order valence-electron chi connectivity index (χ2n) is 6.88. The van der Waals surface area contributed by atoms with Crippen LogP contribution in [-0.2, 0) is 6.54 Å². The number of amides is 3. The lowest BCUT2D eigenvalue weighted by molar-refractivity contribution is 0.102. The van der Waals surface area contributed by atoms with Crippen molar-refractivity contribution in [2.45, 2.75) is 19.6 Å². The number of aromatic nitrogens is 1. The third-order valence-electron chi connectivity index (χ3n) is 4.51. The number of anilines is 1. The molecule has 0 aliphatic carbocycles. The summed E-state index contributed by atoms with van der Waals surface area (Å²) in [5.74, 6) is -0.236. The van der Waals surface area contributed by atoms with Gasteiger partial charge < -0.3 is 21.1 Å². The van der Waals surface area contributed by atoms with Crippen LogP contribution in [0.1, 0.15) is 33.2 Å². The molecule has 1 unspecified atom stereocenters. The molecule has 1 atom stereocenters. The lowest BCUT2D eigenvalue weighted by Crippen LogP contribution is -2.37. The zero-order chi connectivity index (χ0) is 21.3. The average molecular weight is 404 g/mol. The summed E-state index contributed by atoms with van der Waals surface area (Å²) in [6.45, 7) is 2.42. The highest BCUT2D eigenvalue weighted by Gasteiger charge is 2.09. The van der Waals surface area contributed by atoms with E-state index in [9.17, 15) is 14.7 Å². The summed E-state index contributed by atoms with van der Waals surface area (Å²) in [7, 11) is 0. The van der Waals surface area contributed by atoms with Gasteiger partial charge in [0.05, 0.1) is 11.7 Å². The predicted octanol–water partition coefficient (Wildman–Crippen LogP) is 3.18. The summed E-state index contributed by atoms with van der Waals surface area (Å²) < 4.78 is 0. The van der Waals surface area contributed by atoms with Crippen LogP contribution in [0.15, 0.2) is 73.1 Å². The molecule has 154 valence electrons. The minimum atomic E-state index is -0.765. The summed E-state index contributed by atoms with van der Waals surface area (Å²) in [6.07, 6.45) is 2.35. The molecule has 7 heteroatoms. The molecule has 3 aromatic rings. The van der Waals surface area contributed by atoms with E-state index >= 15 is 0 Å². The first kappa shape index (κ1) is 21.0. The number of pyridine rings is 1. The zero-order valence-electron chi connectivity index (χ0n) is 16.6. The first-order chi connectivity index (χ1) is 14.5. The molecule has 1 aromatic heterocycles. The first-order valence-corrected chi connectivity index (χ1v) is 9.58. The number of carbonyl (C=O) groups is 2. The number of carbonyl (C=O) groups excluding carboxylic acids is 2. The van der Waals surface area contributed by atoms with Gasteiger partial charge in [0.25, 0.3) is 5.91 Å².